The number of ether oxygens (including phenoxy) is 1. The Morgan fingerprint density at radius 1 is 1.63 bits per heavy atom. The SMILES string of the molecule is CC(NC(=O)c1cc(S(=O)(=O)Cl)c[nH]1)C1CCCO1. The zero-order valence-electron chi connectivity index (χ0n) is 10.3. The summed E-state index contributed by atoms with van der Waals surface area (Å²) in [6, 6.07) is 1.08. The van der Waals surface area contributed by atoms with Gasteiger partial charge in [-0.1, -0.05) is 0 Å². The second-order valence-electron chi connectivity index (χ2n) is 4.50. The van der Waals surface area contributed by atoms with Gasteiger partial charge >= 0.3 is 0 Å². The Kier molecular flexibility index (Phi) is 4.17. The first-order chi connectivity index (χ1) is 8.88. The number of carbonyl (C=O) groups is 1. The largest absolute Gasteiger partial charge is 0.376 e. The number of hydrogen-bond donors (Lipinski definition) is 2. The molecule has 0 aliphatic carbocycles. The number of aromatic nitrogens is 1. The summed E-state index contributed by atoms with van der Waals surface area (Å²) >= 11 is 0. The van der Waals surface area contributed by atoms with Crippen LogP contribution in [0, 0.1) is 0 Å². The predicted molar refractivity (Wildman–Crippen MR) is 69.7 cm³/mol. The molecule has 106 valence electrons. The van der Waals surface area contributed by atoms with Gasteiger partial charge in [-0.2, -0.15) is 0 Å². The number of halogens is 1. The molecule has 2 N–H and O–H groups in total. The lowest BCUT2D eigenvalue weighted by Crippen LogP contribution is -2.40. The molecule has 0 radical (unpaired) electrons. The Balaban J connectivity index is 2.01. The highest BCUT2D eigenvalue weighted by molar-refractivity contribution is 8.13. The molecule has 2 unspecified atom stereocenters. The molecule has 1 aliphatic heterocycles. The summed E-state index contributed by atoms with van der Waals surface area (Å²) in [4.78, 5) is 14.4. The van der Waals surface area contributed by atoms with Gasteiger partial charge in [-0.05, 0) is 25.8 Å². The molecule has 1 fully saturated rings. The van der Waals surface area contributed by atoms with E-state index in [9.17, 15) is 13.2 Å². The fraction of sp³-hybridized carbons (Fsp3) is 0.545. The molecule has 19 heavy (non-hydrogen) atoms. The van der Waals surface area contributed by atoms with Crippen LogP contribution in [0.4, 0.5) is 0 Å². The fourth-order valence-corrected chi connectivity index (χ4v) is 2.75. The lowest BCUT2D eigenvalue weighted by atomic mass is 10.1. The van der Waals surface area contributed by atoms with Gasteiger partial charge in [-0.15, -0.1) is 0 Å². The molecule has 1 amide bonds. The maximum absolute atomic E-state index is 11.9. The summed E-state index contributed by atoms with van der Waals surface area (Å²) in [5.74, 6) is -0.380. The van der Waals surface area contributed by atoms with Gasteiger partial charge in [0.2, 0.25) is 0 Å². The molecule has 2 atom stereocenters. The number of rotatable bonds is 4. The number of hydrogen-bond acceptors (Lipinski definition) is 4. The Hall–Kier alpha value is -1.05. The molecule has 8 heteroatoms. The van der Waals surface area contributed by atoms with Crippen molar-refractivity contribution in [1.82, 2.24) is 10.3 Å². The van der Waals surface area contributed by atoms with E-state index in [4.69, 9.17) is 15.4 Å². The molecule has 0 saturated carbocycles. The zero-order chi connectivity index (χ0) is 14.0. The number of carbonyl (C=O) groups excluding carboxylic acids is 1. The van der Waals surface area contributed by atoms with E-state index in [0.29, 0.717) is 6.61 Å². The summed E-state index contributed by atoms with van der Waals surface area (Å²) in [7, 11) is 1.36. The van der Waals surface area contributed by atoms with E-state index in [0.717, 1.165) is 12.8 Å². The first-order valence-corrected chi connectivity index (χ1v) is 8.24. The molecule has 1 aromatic rings. The first kappa shape index (κ1) is 14.4. The van der Waals surface area contributed by atoms with Gasteiger partial charge < -0.3 is 15.0 Å². The Morgan fingerprint density at radius 3 is 2.89 bits per heavy atom. The van der Waals surface area contributed by atoms with Crippen molar-refractivity contribution in [3.63, 3.8) is 0 Å². The van der Waals surface area contributed by atoms with E-state index in [2.05, 4.69) is 10.3 Å². The molecule has 1 aliphatic rings. The van der Waals surface area contributed by atoms with E-state index in [1.807, 2.05) is 6.92 Å². The van der Waals surface area contributed by atoms with E-state index < -0.39 is 9.05 Å². The quantitative estimate of drug-likeness (QED) is 0.819. The zero-order valence-corrected chi connectivity index (χ0v) is 11.9. The van der Waals surface area contributed by atoms with Crippen LogP contribution in [0.2, 0.25) is 0 Å². The van der Waals surface area contributed by atoms with Crippen LogP contribution in [0.1, 0.15) is 30.3 Å². The van der Waals surface area contributed by atoms with Gasteiger partial charge in [-0.3, -0.25) is 4.79 Å². The number of amides is 1. The Morgan fingerprint density at radius 2 is 2.37 bits per heavy atom. The second kappa shape index (κ2) is 5.52. The van der Waals surface area contributed by atoms with E-state index in [1.54, 1.807) is 0 Å². The van der Waals surface area contributed by atoms with Crippen LogP contribution < -0.4 is 5.32 Å². The van der Waals surface area contributed by atoms with Crippen LogP contribution in [-0.2, 0) is 13.8 Å². The van der Waals surface area contributed by atoms with E-state index >= 15 is 0 Å². The third-order valence-corrected chi connectivity index (χ3v) is 4.40. The van der Waals surface area contributed by atoms with E-state index in [1.165, 1.54) is 12.3 Å². The Labute approximate surface area is 115 Å². The molecule has 0 spiro atoms. The predicted octanol–water partition coefficient (Wildman–Crippen LogP) is 1.24. The van der Waals surface area contributed by atoms with Crippen molar-refractivity contribution in [3.05, 3.63) is 18.0 Å². The van der Waals surface area contributed by atoms with Crippen LogP contribution in [0.3, 0.4) is 0 Å². The minimum absolute atomic E-state index is 0.00939. The summed E-state index contributed by atoms with van der Waals surface area (Å²) < 4.78 is 27.7. The maximum atomic E-state index is 11.9. The first-order valence-electron chi connectivity index (χ1n) is 5.93. The van der Waals surface area contributed by atoms with Crippen molar-refractivity contribution in [3.8, 4) is 0 Å². The van der Waals surface area contributed by atoms with E-state index in [-0.39, 0.29) is 28.6 Å². The van der Waals surface area contributed by atoms with Crippen LogP contribution >= 0.6 is 10.7 Å². The molecule has 0 aromatic carbocycles. The van der Waals surface area contributed by atoms with Crippen LogP contribution in [0.25, 0.3) is 0 Å². The normalized spacial score (nSPS) is 21.3. The second-order valence-corrected chi connectivity index (χ2v) is 7.07. The van der Waals surface area contributed by atoms with Crippen molar-refractivity contribution in [2.45, 2.75) is 36.8 Å². The molecule has 2 rings (SSSR count). The highest BCUT2D eigenvalue weighted by atomic mass is 35.7. The molecular formula is C11H15ClN2O4S. The average Bonchev–Trinajstić information content (AvgIpc) is 3.00. The molecule has 0 bridgehead atoms. The summed E-state index contributed by atoms with van der Waals surface area (Å²) in [5.41, 5.74) is 0.157. The van der Waals surface area contributed by atoms with Gasteiger partial charge in [0.1, 0.15) is 10.6 Å². The highest BCUT2D eigenvalue weighted by Gasteiger charge is 2.25. The molecule has 1 saturated heterocycles. The third-order valence-electron chi connectivity index (χ3n) is 3.06. The molecule has 6 nitrogen and oxygen atoms in total. The number of nitrogens with one attached hydrogen (secondary N) is 2. The van der Waals surface area contributed by atoms with Gasteiger partial charge in [0.25, 0.3) is 15.0 Å². The number of H-pyrrole nitrogens is 1. The summed E-state index contributed by atoms with van der Waals surface area (Å²) in [5, 5.41) is 2.77. The minimum atomic E-state index is -3.82. The standard InChI is InChI=1S/C11H15ClN2O4S/c1-7(10-3-2-4-18-10)14-11(15)9-5-8(6-13-9)19(12,16)17/h5-7,10,13H,2-4H2,1H3,(H,14,15). The Bertz CT molecular complexity index is 563. The van der Waals surface area contributed by atoms with Crippen molar-refractivity contribution >= 4 is 25.6 Å². The van der Waals surface area contributed by atoms with Crippen LogP contribution in [0.5, 0.6) is 0 Å². The minimum Gasteiger partial charge on any atom is -0.376 e. The molecular weight excluding hydrogens is 292 g/mol. The van der Waals surface area contributed by atoms with Crippen molar-refractivity contribution in [2.24, 2.45) is 0 Å². The fourth-order valence-electron chi connectivity index (χ4n) is 2.02. The molecule has 2 heterocycles. The van der Waals surface area contributed by atoms with Crippen molar-refractivity contribution in [1.29, 1.82) is 0 Å². The van der Waals surface area contributed by atoms with Crippen molar-refractivity contribution < 1.29 is 17.9 Å². The van der Waals surface area contributed by atoms with Crippen molar-refractivity contribution in [2.75, 3.05) is 6.61 Å². The third kappa shape index (κ3) is 3.49. The lowest BCUT2D eigenvalue weighted by Gasteiger charge is -2.19. The van der Waals surface area contributed by atoms with Crippen LogP contribution in [0.15, 0.2) is 17.2 Å². The van der Waals surface area contributed by atoms with Gasteiger partial charge in [0, 0.05) is 23.5 Å². The van der Waals surface area contributed by atoms with Crippen LogP contribution in [-0.4, -0.2) is 38.1 Å². The van der Waals surface area contributed by atoms with Gasteiger partial charge in [0.05, 0.1) is 12.1 Å². The maximum Gasteiger partial charge on any atom is 0.268 e. The summed E-state index contributed by atoms with van der Waals surface area (Å²) in [6.07, 6.45) is 3.10. The van der Waals surface area contributed by atoms with Gasteiger partial charge in [-0.25, -0.2) is 8.42 Å². The summed E-state index contributed by atoms with van der Waals surface area (Å²) in [6.45, 7) is 2.57. The highest BCUT2D eigenvalue weighted by Crippen LogP contribution is 2.17. The smallest absolute Gasteiger partial charge is 0.268 e. The molecule has 1 aromatic heterocycles. The topological polar surface area (TPSA) is 88.3 Å². The monoisotopic (exact) mass is 306 g/mol. The average molecular weight is 307 g/mol. The van der Waals surface area contributed by atoms with Gasteiger partial charge in [0.15, 0.2) is 0 Å². The number of aromatic amines is 1. The lowest BCUT2D eigenvalue weighted by molar-refractivity contribution is 0.0710.